The quantitative estimate of drug-likeness (QED) is 0.841. The van der Waals surface area contributed by atoms with E-state index in [1.807, 2.05) is 0 Å². The summed E-state index contributed by atoms with van der Waals surface area (Å²) in [6, 6.07) is 0.660. The minimum absolute atomic E-state index is 0.221. The molecule has 0 aromatic rings. The minimum atomic E-state index is 0.221. The maximum absolute atomic E-state index is 6.29. The lowest BCUT2D eigenvalue weighted by Crippen LogP contribution is -2.53. The molecular weight excluding hydrogens is 318 g/mol. The van der Waals surface area contributed by atoms with Crippen LogP contribution in [0.3, 0.4) is 0 Å². The lowest BCUT2D eigenvalue weighted by atomic mass is 9.77. The zero-order valence-electron chi connectivity index (χ0n) is 13.3. The third-order valence-corrected chi connectivity index (χ3v) is 9.57. The summed E-state index contributed by atoms with van der Waals surface area (Å²) in [5.41, 5.74) is 0.221. The summed E-state index contributed by atoms with van der Waals surface area (Å²) >= 11 is 6.47. The van der Waals surface area contributed by atoms with Crippen molar-refractivity contribution in [2.75, 3.05) is 36.7 Å². The van der Waals surface area contributed by atoms with Gasteiger partial charge in [-0.3, -0.25) is 0 Å². The van der Waals surface area contributed by atoms with Gasteiger partial charge in [0.25, 0.3) is 0 Å². The lowest BCUT2D eigenvalue weighted by molar-refractivity contribution is -0.107. The molecule has 0 aromatic heterocycles. The summed E-state index contributed by atoms with van der Waals surface area (Å²) in [5, 5.41) is 5.25. The fourth-order valence-corrected chi connectivity index (χ4v) is 8.49. The van der Waals surface area contributed by atoms with Gasteiger partial charge >= 0.3 is 0 Å². The Morgan fingerprint density at radius 2 is 1.90 bits per heavy atom. The first-order valence-electron chi connectivity index (χ1n) is 8.36. The molecule has 1 N–H and O–H groups in total. The highest BCUT2D eigenvalue weighted by Gasteiger charge is 2.43. The van der Waals surface area contributed by atoms with Crippen LogP contribution in [0.1, 0.15) is 32.6 Å². The van der Waals surface area contributed by atoms with Crippen molar-refractivity contribution in [1.29, 1.82) is 0 Å². The number of hydrogen-bond donors (Lipinski definition) is 1. The summed E-state index contributed by atoms with van der Waals surface area (Å²) in [6.07, 6.45) is 5.07. The SMILES string of the molecule is CNC(C1CCOC2(CCSCC2)C1)C1SCCSC1C. The minimum Gasteiger partial charge on any atom is -0.375 e. The summed E-state index contributed by atoms with van der Waals surface area (Å²) < 4.78 is 6.29. The van der Waals surface area contributed by atoms with E-state index in [0.717, 1.165) is 23.0 Å². The van der Waals surface area contributed by atoms with Gasteiger partial charge in [-0.25, -0.2) is 0 Å². The van der Waals surface area contributed by atoms with Gasteiger partial charge in [0.15, 0.2) is 0 Å². The first kappa shape index (κ1) is 16.8. The van der Waals surface area contributed by atoms with E-state index in [2.05, 4.69) is 54.6 Å². The average molecular weight is 348 g/mol. The Hall–Kier alpha value is 0.970. The Kier molecular flexibility index (Phi) is 6.16. The first-order valence-corrected chi connectivity index (χ1v) is 11.6. The van der Waals surface area contributed by atoms with E-state index in [1.165, 1.54) is 48.7 Å². The Labute approximate surface area is 142 Å². The van der Waals surface area contributed by atoms with E-state index in [0.29, 0.717) is 6.04 Å². The number of nitrogens with one attached hydrogen (secondary N) is 1. The van der Waals surface area contributed by atoms with Gasteiger partial charge < -0.3 is 10.1 Å². The van der Waals surface area contributed by atoms with Crippen LogP contribution in [0.25, 0.3) is 0 Å². The van der Waals surface area contributed by atoms with Gasteiger partial charge in [0.2, 0.25) is 0 Å². The second kappa shape index (κ2) is 7.69. The molecule has 0 bridgehead atoms. The van der Waals surface area contributed by atoms with E-state index in [-0.39, 0.29) is 5.60 Å². The monoisotopic (exact) mass is 347 g/mol. The van der Waals surface area contributed by atoms with Crippen LogP contribution in [0.2, 0.25) is 0 Å². The molecule has 1 spiro atoms. The molecule has 3 heterocycles. The van der Waals surface area contributed by atoms with Crippen molar-refractivity contribution in [3.8, 4) is 0 Å². The van der Waals surface area contributed by atoms with E-state index >= 15 is 0 Å². The predicted octanol–water partition coefficient (Wildman–Crippen LogP) is 3.50. The molecule has 5 heteroatoms. The van der Waals surface area contributed by atoms with Crippen molar-refractivity contribution in [1.82, 2.24) is 5.32 Å². The van der Waals surface area contributed by atoms with Crippen LogP contribution in [0.5, 0.6) is 0 Å². The molecular formula is C16H29NOS3. The summed E-state index contributed by atoms with van der Waals surface area (Å²) in [6.45, 7) is 3.41. The highest BCUT2D eigenvalue weighted by atomic mass is 32.2. The van der Waals surface area contributed by atoms with Crippen molar-refractivity contribution in [2.45, 2.75) is 54.7 Å². The molecule has 0 aromatic carbocycles. The third-order valence-electron chi connectivity index (χ3n) is 5.37. The topological polar surface area (TPSA) is 21.3 Å². The molecule has 3 aliphatic heterocycles. The molecule has 4 atom stereocenters. The lowest BCUT2D eigenvalue weighted by Gasteiger charge is -2.47. The van der Waals surface area contributed by atoms with Gasteiger partial charge in [0.1, 0.15) is 0 Å². The van der Waals surface area contributed by atoms with Gasteiger partial charge in [-0.05, 0) is 50.2 Å². The summed E-state index contributed by atoms with van der Waals surface area (Å²) in [4.78, 5) is 0. The Morgan fingerprint density at radius 3 is 2.62 bits per heavy atom. The molecule has 0 saturated carbocycles. The van der Waals surface area contributed by atoms with Gasteiger partial charge in [-0.1, -0.05) is 6.92 Å². The zero-order chi connectivity index (χ0) is 14.7. The summed E-state index contributed by atoms with van der Waals surface area (Å²) in [7, 11) is 2.18. The molecule has 3 rings (SSSR count). The number of hydrogen-bond acceptors (Lipinski definition) is 5. The van der Waals surface area contributed by atoms with Crippen molar-refractivity contribution in [3.05, 3.63) is 0 Å². The van der Waals surface area contributed by atoms with Crippen LogP contribution < -0.4 is 5.32 Å². The largest absolute Gasteiger partial charge is 0.375 e. The molecule has 3 aliphatic rings. The van der Waals surface area contributed by atoms with Crippen LogP contribution in [-0.4, -0.2) is 58.8 Å². The molecule has 0 aliphatic carbocycles. The molecule has 0 radical (unpaired) electrons. The molecule has 21 heavy (non-hydrogen) atoms. The predicted molar refractivity (Wildman–Crippen MR) is 99.0 cm³/mol. The van der Waals surface area contributed by atoms with Gasteiger partial charge in [-0.2, -0.15) is 35.3 Å². The first-order chi connectivity index (χ1) is 10.2. The zero-order valence-corrected chi connectivity index (χ0v) is 15.8. The van der Waals surface area contributed by atoms with Crippen LogP contribution >= 0.6 is 35.3 Å². The van der Waals surface area contributed by atoms with Crippen molar-refractivity contribution in [2.24, 2.45) is 5.92 Å². The van der Waals surface area contributed by atoms with Gasteiger partial charge in [0, 0.05) is 34.7 Å². The highest BCUT2D eigenvalue weighted by molar-refractivity contribution is 8.07. The van der Waals surface area contributed by atoms with E-state index in [1.54, 1.807) is 0 Å². The molecule has 122 valence electrons. The van der Waals surface area contributed by atoms with Gasteiger partial charge in [-0.15, -0.1) is 0 Å². The summed E-state index contributed by atoms with van der Waals surface area (Å²) in [5.74, 6) is 6.03. The Morgan fingerprint density at radius 1 is 1.14 bits per heavy atom. The van der Waals surface area contributed by atoms with Gasteiger partial charge in [0.05, 0.1) is 5.60 Å². The molecule has 2 nitrogen and oxygen atoms in total. The molecule has 0 amide bonds. The number of thioether (sulfide) groups is 3. The van der Waals surface area contributed by atoms with Crippen LogP contribution in [0.4, 0.5) is 0 Å². The van der Waals surface area contributed by atoms with E-state index in [9.17, 15) is 0 Å². The Bertz CT molecular complexity index is 330. The fraction of sp³-hybridized carbons (Fsp3) is 1.00. The fourth-order valence-electron chi connectivity index (χ4n) is 4.18. The van der Waals surface area contributed by atoms with Crippen molar-refractivity contribution >= 4 is 35.3 Å². The number of rotatable bonds is 3. The standard InChI is InChI=1S/C16H29NOS3/c1-12-15(21-10-9-20-12)14(17-2)13-3-6-18-16(11-13)4-7-19-8-5-16/h12-15,17H,3-11H2,1-2H3. The van der Waals surface area contributed by atoms with E-state index < -0.39 is 0 Å². The molecule has 3 fully saturated rings. The van der Waals surface area contributed by atoms with Crippen LogP contribution in [0.15, 0.2) is 0 Å². The smallest absolute Gasteiger partial charge is 0.0701 e. The average Bonchev–Trinajstić information content (AvgIpc) is 2.51. The molecule has 4 unspecified atom stereocenters. The van der Waals surface area contributed by atoms with Crippen molar-refractivity contribution in [3.63, 3.8) is 0 Å². The van der Waals surface area contributed by atoms with Crippen LogP contribution in [0, 0.1) is 5.92 Å². The van der Waals surface area contributed by atoms with Crippen LogP contribution in [-0.2, 0) is 4.74 Å². The van der Waals surface area contributed by atoms with Crippen molar-refractivity contribution < 1.29 is 4.74 Å². The number of ether oxygens (including phenoxy) is 1. The Balaban J connectivity index is 1.68. The maximum Gasteiger partial charge on any atom is 0.0701 e. The second-order valence-corrected chi connectivity index (χ2v) is 10.6. The van der Waals surface area contributed by atoms with E-state index in [4.69, 9.17) is 4.74 Å². The maximum atomic E-state index is 6.29. The second-order valence-electron chi connectivity index (χ2n) is 6.62. The normalized spacial score (nSPS) is 38.3. The molecule has 3 saturated heterocycles. The highest BCUT2D eigenvalue weighted by Crippen LogP contribution is 2.43. The third kappa shape index (κ3) is 3.90.